The summed E-state index contributed by atoms with van der Waals surface area (Å²) in [6.07, 6.45) is 0. The van der Waals surface area contributed by atoms with E-state index in [2.05, 4.69) is 0 Å². The predicted octanol–water partition coefficient (Wildman–Crippen LogP) is -5.43. The first-order valence-corrected chi connectivity index (χ1v) is 1.10. The molecule has 15 heavy (non-hydrogen) atoms. The van der Waals surface area contributed by atoms with Crippen LogP contribution >= 0.6 is 0 Å². The van der Waals surface area contributed by atoms with Gasteiger partial charge in [0.1, 0.15) is 0 Å². The van der Waals surface area contributed by atoms with Crippen LogP contribution in [0.2, 0.25) is 0 Å². The molecule has 12 N–H and O–H groups in total. The molecule has 102 valence electrons. The number of hydrogen-bond donors (Lipinski definition) is 0. The average Bonchev–Trinajstić information content (AvgIpc) is 1.25. The molecule has 0 atom stereocenters. The van der Waals surface area contributed by atoms with Gasteiger partial charge >= 0.3 is 0 Å². The van der Waals surface area contributed by atoms with Crippen molar-refractivity contribution in [1.82, 2.24) is 0 Å². The summed E-state index contributed by atoms with van der Waals surface area (Å²) in [5.41, 5.74) is 0. The zero-order valence-electron chi connectivity index (χ0n) is 6.75. The maximum atomic E-state index is 8.25. The van der Waals surface area contributed by atoms with E-state index in [0.717, 1.165) is 0 Å². The molecule has 0 spiro atoms. The fourth-order valence-electron chi connectivity index (χ4n) is 0. The normalized spacial score (nSPS) is 3.20. The molecule has 0 rings (SSSR count). The van der Waals surface area contributed by atoms with Crippen molar-refractivity contribution in [2.24, 2.45) is 0 Å². The third-order valence-corrected chi connectivity index (χ3v) is 0. The predicted molar refractivity (Wildman–Crippen MR) is 42.4 cm³/mol. The fraction of sp³-hybridized carbons (Fsp3) is 0. The van der Waals surface area contributed by atoms with E-state index in [1.807, 2.05) is 0 Å². The van der Waals surface area contributed by atoms with Gasteiger partial charge in [-0.25, -0.2) is 0 Å². The van der Waals surface area contributed by atoms with Crippen LogP contribution in [0.3, 0.4) is 0 Å². The van der Waals surface area contributed by atoms with Gasteiger partial charge in [0.25, 0.3) is 0 Å². The molecule has 0 aromatic rings. The second-order valence-corrected chi connectivity index (χ2v) is 0.447. The second-order valence-electron chi connectivity index (χ2n) is 0.447. The van der Waals surface area contributed by atoms with E-state index in [9.17, 15) is 0 Å². The molecular weight excluding hydrogens is 370 g/mol. The zero-order valence-corrected chi connectivity index (χ0v) is 9.37. The Kier molecular flexibility index (Phi) is 406. The van der Waals surface area contributed by atoms with Gasteiger partial charge in [0, 0.05) is 40.4 Å². The first kappa shape index (κ1) is 87.4. The average molecular weight is 382 g/mol. The van der Waals surface area contributed by atoms with Crippen molar-refractivity contribution >= 4 is 0 Å². The monoisotopic (exact) mass is 384 g/mol. The molecule has 0 unspecified atom stereocenters. The van der Waals surface area contributed by atoms with E-state index in [-0.39, 0.29) is 73.2 Å². The Bertz CT molecular complexity index is 71.6. The standard InChI is InChI=1S/2NO3.6H2O.Sm/c2*2-1(3)4;;;;;;;/h;;6*1H2;/q2*-1;;;;;;;. The van der Waals surface area contributed by atoms with E-state index in [4.69, 9.17) is 30.6 Å². The van der Waals surface area contributed by atoms with Crippen molar-refractivity contribution in [3.8, 4) is 0 Å². The summed E-state index contributed by atoms with van der Waals surface area (Å²) < 4.78 is 0. The van der Waals surface area contributed by atoms with Crippen LogP contribution in [0.5, 0.6) is 0 Å². The summed E-state index contributed by atoms with van der Waals surface area (Å²) in [4.78, 5) is 16.5. The minimum atomic E-state index is -1.75. The van der Waals surface area contributed by atoms with Crippen LogP contribution in [0, 0.1) is 71.0 Å². The molecule has 0 aliphatic carbocycles. The molecule has 0 amide bonds. The molecule has 0 fully saturated rings. The van der Waals surface area contributed by atoms with Gasteiger partial charge in [0.05, 0.1) is 10.2 Å². The summed E-state index contributed by atoms with van der Waals surface area (Å²) in [5, 5.41) is 29.5. The number of nitrogens with zero attached hydrogens (tertiary/aromatic N) is 2. The number of rotatable bonds is 0. The van der Waals surface area contributed by atoms with Crippen LogP contribution in [-0.4, -0.2) is 43.0 Å². The van der Waals surface area contributed by atoms with Gasteiger partial charge in [-0.2, -0.15) is 0 Å². The molecular formula is H12N2O12Sm-2. The van der Waals surface area contributed by atoms with Crippen LogP contribution in [0.15, 0.2) is 0 Å². The van der Waals surface area contributed by atoms with Gasteiger partial charge in [-0.15, -0.1) is 0 Å². The van der Waals surface area contributed by atoms with E-state index in [1.54, 1.807) is 0 Å². The molecule has 0 aliphatic heterocycles. The van der Waals surface area contributed by atoms with Crippen LogP contribution < -0.4 is 0 Å². The smallest absolute Gasteiger partial charge is 0.0689 e. The molecule has 0 saturated carbocycles. The zero-order chi connectivity index (χ0) is 7.15. The van der Waals surface area contributed by atoms with Crippen LogP contribution in [0.4, 0.5) is 0 Å². The van der Waals surface area contributed by atoms with Crippen molar-refractivity contribution in [1.29, 1.82) is 0 Å². The molecule has 0 aliphatic rings. The summed E-state index contributed by atoms with van der Waals surface area (Å²) in [6, 6.07) is 0. The summed E-state index contributed by atoms with van der Waals surface area (Å²) in [5.74, 6) is 0. The van der Waals surface area contributed by atoms with Crippen LogP contribution in [0.25, 0.3) is 0 Å². The molecule has 0 heterocycles. The Morgan fingerprint density at radius 2 is 0.533 bits per heavy atom. The maximum Gasteiger partial charge on any atom is 0.0689 e. The number of hydrogen-bond acceptors (Lipinski definition) is 6. The van der Waals surface area contributed by atoms with Gasteiger partial charge in [-0.3, -0.25) is 0 Å². The Morgan fingerprint density at radius 1 is 0.533 bits per heavy atom. The summed E-state index contributed by atoms with van der Waals surface area (Å²) in [6.45, 7) is 0. The molecule has 0 bridgehead atoms. The largest absolute Gasteiger partial charge is 0.412 e. The first-order valence-electron chi connectivity index (χ1n) is 1.10. The van der Waals surface area contributed by atoms with E-state index < -0.39 is 10.2 Å². The Morgan fingerprint density at radius 3 is 0.533 bits per heavy atom. The molecule has 15 heteroatoms. The van der Waals surface area contributed by atoms with Gasteiger partial charge in [-0.05, 0) is 0 Å². The third-order valence-electron chi connectivity index (χ3n) is 0. The van der Waals surface area contributed by atoms with E-state index in [1.165, 1.54) is 0 Å². The van der Waals surface area contributed by atoms with Crippen molar-refractivity contribution < 1.29 is 83.4 Å². The Labute approximate surface area is 114 Å². The minimum Gasteiger partial charge on any atom is -0.412 e. The van der Waals surface area contributed by atoms with Crippen molar-refractivity contribution in [2.75, 3.05) is 0 Å². The minimum absolute atomic E-state index is 0. The maximum absolute atomic E-state index is 8.25. The van der Waals surface area contributed by atoms with Crippen molar-refractivity contribution in [3.05, 3.63) is 30.6 Å². The second kappa shape index (κ2) is 69.8. The summed E-state index contributed by atoms with van der Waals surface area (Å²) in [7, 11) is 0. The fourth-order valence-corrected chi connectivity index (χ4v) is 0. The van der Waals surface area contributed by atoms with Crippen LogP contribution in [0.1, 0.15) is 0 Å². The molecule has 14 nitrogen and oxygen atoms in total. The van der Waals surface area contributed by atoms with Gasteiger partial charge in [-0.1, -0.05) is 0 Å². The van der Waals surface area contributed by atoms with Gasteiger partial charge in [0.2, 0.25) is 0 Å². The first-order chi connectivity index (χ1) is 3.46. The summed E-state index contributed by atoms with van der Waals surface area (Å²) >= 11 is 0. The molecule has 0 saturated heterocycles. The Balaban J connectivity index is -0.00000000468. The van der Waals surface area contributed by atoms with E-state index in [0.29, 0.717) is 0 Å². The van der Waals surface area contributed by atoms with E-state index >= 15 is 0 Å². The van der Waals surface area contributed by atoms with Gasteiger partial charge < -0.3 is 63.5 Å². The van der Waals surface area contributed by atoms with Crippen LogP contribution in [-0.2, 0) is 0 Å². The van der Waals surface area contributed by atoms with Gasteiger partial charge in [0.15, 0.2) is 0 Å². The van der Waals surface area contributed by atoms with Crippen molar-refractivity contribution in [3.63, 3.8) is 0 Å². The van der Waals surface area contributed by atoms with Crippen molar-refractivity contribution in [2.45, 2.75) is 0 Å². The third kappa shape index (κ3) is 7070. The molecule has 0 aromatic carbocycles. The quantitative estimate of drug-likeness (QED) is 0.290. The SMILES string of the molecule is O.O.O.O.O.O.O=[N+]([O-])[O-].O=[N+]([O-])[O-].[Sm]. The molecule has 0 aromatic heterocycles. The topological polar surface area (TPSA) is 321 Å². The Hall–Kier alpha value is -0.502. The molecule has 0 radical (unpaired) electrons.